The van der Waals surface area contributed by atoms with E-state index in [0.29, 0.717) is 15.8 Å². The van der Waals surface area contributed by atoms with Crippen molar-refractivity contribution in [2.75, 3.05) is 5.43 Å². The number of hydrogen-bond donors (Lipinski definition) is 2. The second kappa shape index (κ2) is 6.75. The summed E-state index contributed by atoms with van der Waals surface area (Å²) in [6.07, 6.45) is -0.105. The Bertz CT molecular complexity index is 619. The monoisotopic (exact) mass is 329 g/mol. The summed E-state index contributed by atoms with van der Waals surface area (Å²) in [4.78, 5) is 12.0. The predicted molar refractivity (Wildman–Crippen MR) is 79.9 cm³/mol. The van der Waals surface area contributed by atoms with E-state index < -0.39 is 0 Å². The van der Waals surface area contributed by atoms with E-state index in [1.807, 2.05) is 13.8 Å². The average Bonchev–Trinajstić information content (AvgIpc) is 2.36. The quantitative estimate of drug-likeness (QED) is 0.642. The maximum atomic E-state index is 5.90. The molecule has 0 amide bonds. The molecule has 1 aromatic carbocycles. The van der Waals surface area contributed by atoms with Gasteiger partial charge in [0.25, 0.3) is 0 Å². The highest BCUT2D eigenvalue weighted by Crippen LogP contribution is 2.27. The van der Waals surface area contributed by atoms with Gasteiger partial charge in [0.15, 0.2) is 0 Å². The molecule has 0 unspecified atom stereocenters. The van der Waals surface area contributed by atoms with Crippen LogP contribution in [0.1, 0.15) is 13.8 Å². The lowest BCUT2D eigenvalue weighted by Crippen LogP contribution is -2.14. The van der Waals surface area contributed by atoms with Crippen LogP contribution in [0, 0.1) is 0 Å². The van der Waals surface area contributed by atoms with Gasteiger partial charge in [-0.3, -0.25) is 5.43 Å². The zero-order valence-electron chi connectivity index (χ0n) is 11.3. The Balaban J connectivity index is 2.29. The summed E-state index contributed by atoms with van der Waals surface area (Å²) in [5, 5.41) is 0.866. The molecule has 3 N–H and O–H groups in total. The molecule has 0 saturated carbocycles. The first-order valence-electron chi connectivity index (χ1n) is 5.99. The molecule has 0 bridgehead atoms. The number of halogens is 2. The third-order valence-electron chi connectivity index (χ3n) is 2.11. The third kappa shape index (κ3) is 4.59. The Hall–Kier alpha value is -1.83. The van der Waals surface area contributed by atoms with Crippen molar-refractivity contribution < 1.29 is 9.47 Å². The molecule has 0 aliphatic carbocycles. The van der Waals surface area contributed by atoms with E-state index >= 15 is 0 Å². The summed E-state index contributed by atoms with van der Waals surface area (Å²) in [5.74, 6) is 5.80. The number of rotatable bonds is 5. The fourth-order valence-corrected chi connectivity index (χ4v) is 1.91. The van der Waals surface area contributed by atoms with Gasteiger partial charge >= 0.3 is 12.0 Å². The number of benzene rings is 1. The zero-order chi connectivity index (χ0) is 15.4. The first-order valence-corrected chi connectivity index (χ1v) is 6.75. The van der Waals surface area contributed by atoms with E-state index in [0.717, 1.165) is 0 Å². The summed E-state index contributed by atoms with van der Waals surface area (Å²) in [7, 11) is 0. The van der Waals surface area contributed by atoms with Gasteiger partial charge in [-0.05, 0) is 32.0 Å². The average molecular weight is 330 g/mol. The lowest BCUT2D eigenvalue weighted by molar-refractivity contribution is 0.218. The van der Waals surface area contributed by atoms with Crippen molar-refractivity contribution in [1.82, 2.24) is 15.0 Å². The van der Waals surface area contributed by atoms with Crippen molar-refractivity contribution >= 4 is 29.2 Å². The van der Waals surface area contributed by atoms with E-state index in [2.05, 4.69) is 20.4 Å². The van der Waals surface area contributed by atoms with E-state index in [1.54, 1.807) is 18.2 Å². The fraction of sp³-hybridized carbons (Fsp3) is 0.250. The molecular formula is C12H13Cl2N5O2. The topological polar surface area (TPSA) is 95.2 Å². The lowest BCUT2D eigenvalue weighted by Gasteiger charge is -2.10. The highest BCUT2D eigenvalue weighted by molar-refractivity contribution is 6.34. The molecule has 0 radical (unpaired) electrons. The van der Waals surface area contributed by atoms with Gasteiger partial charge in [-0.1, -0.05) is 23.2 Å². The molecule has 0 atom stereocenters. The summed E-state index contributed by atoms with van der Waals surface area (Å²) in [5.41, 5.74) is 2.32. The second-order valence-electron chi connectivity index (χ2n) is 4.24. The smallest absolute Gasteiger partial charge is 0.330 e. The van der Waals surface area contributed by atoms with Crippen molar-refractivity contribution in [3.63, 3.8) is 0 Å². The number of hydrogen-bond acceptors (Lipinski definition) is 7. The number of nitrogens with one attached hydrogen (secondary N) is 1. The normalized spacial score (nSPS) is 10.6. The summed E-state index contributed by atoms with van der Waals surface area (Å²) in [6, 6.07) is 4.85. The summed E-state index contributed by atoms with van der Waals surface area (Å²) in [6.45, 7) is 3.69. The van der Waals surface area contributed by atoms with Gasteiger partial charge in [-0.2, -0.15) is 9.97 Å². The molecule has 2 aromatic rings. The summed E-state index contributed by atoms with van der Waals surface area (Å²) < 4.78 is 10.9. The molecule has 112 valence electrons. The van der Waals surface area contributed by atoms with Gasteiger partial charge in [-0.15, -0.1) is 4.98 Å². The molecule has 9 heteroatoms. The van der Waals surface area contributed by atoms with Gasteiger partial charge in [-0.25, -0.2) is 5.84 Å². The van der Waals surface area contributed by atoms with Gasteiger partial charge in [0.2, 0.25) is 5.95 Å². The number of hydrazine groups is 1. The first-order chi connectivity index (χ1) is 9.96. The van der Waals surface area contributed by atoms with Gasteiger partial charge < -0.3 is 9.47 Å². The lowest BCUT2D eigenvalue weighted by atomic mass is 10.3. The Morgan fingerprint density at radius 3 is 2.24 bits per heavy atom. The van der Waals surface area contributed by atoms with Crippen molar-refractivity contribution in [3.05, 3.63) is 28.2 Å². The number of nitrogens with zero attached hydrogens (tertiary/aromatic N) is 3. The molecule has 7 nitrogen and oxygen atoms in total. The van der Waals surface area contributed by atoms with Crippen LogP contribution < -0.4 is 20.7 Å². The fourth-order valence-electron chi connectivity index (χ4n) is 1.40. The van der Waals surface area contributed by atoms with Crippen LogP contribution in [0.3, 0.4) is 0 Å². The second-order valence-corrected chi connectivity index (χ2v) is 5.12. The number of nitrogen functional groups attached to an aromatic ring is 1. The molecule has 0 fully saturated rings. The Morgan fingerprint density at radius 1 is 1.05 bits per heavy atom. The van der Waals surface area contributed by atoms with Crippen LogP contribution in [0.5, 0.6) is 17.8 Å². The third-order valence-corrected chi connectivity index (χ3v) is 2.55. The highest BCUT2D eigenvalue weighted by Gasteiger charge is 2.11. The number of ether oxygens (including phenoxy) is 2. The molecule has 1 heterocycles. The number of nitrogens with two attached hydrogens (primary N) is 1. The SMILES string of the molecule is CC(C)Oc1nc(NN)nc(Oc2cc(Cl)cc(Cl)c2)n1. The van der Waals surface area contributed by atoms with Crippen LogP contribution in [0.25, 0.3) is 0 Å². The van der Waals surface area contributed by atoms with Crippen LogP contribution >= 0.6 is 23.2 Å². The van der Waals surface area contributed by atoms with Crippen LogP contribution in [0.2, 0.25) is 10.0 Å². The Morgan fingerprint density at radius 2 is 1.67 bits per heavy atom. The van der Waals surface area contributed by atoms with Gasteiger partial charge in [0.05, 0.1) is 6.10 Å². The Labute approximate surface area is 131 Å². The van der Waals surface area contributed by atoms with Crippen LogP contribution in [-0.4, -0.2) is 21.1 Å². The number of anilines is 1. The minimum atomic E-state index is -0.105. The van der Waals surface area contributed by atoms with Crippen molar-refractivity contribution in [1.29, 1.82) is 0 Å². The molecule has 0 aliphatic rings. The highest BCUT2D eigenvalue weighted by atomic mass is 35.5. The zero-order valence-corrected chi connectivity index (χ0v) is 12.8. The van der Waals surface area contributed by atoms with E-state index in [4.69, 9.17) is 38.5 Å². The standard InChI is InChI=1S/C12H13Cl2N5O2/c1-6(2)20-11-16-10(19-15)17-12(18-11)21-9-4-7(13)3-8(14)5-9/h3-6H,15H2,1-2H3,(H,16,17,18,19). The Kier molecular flexibility index (Phi) is 5.00. The maximum absolute atomic E-state index is 5.90. The van der Waals surface area contributed by atoms with E-state index in [1.165, 1.54) is 0 Å². The van der Waals surface area contributed by atoms with E-state index in [-0.39, 0.29) is 24.1 Å². The van der Waals surface area contributed by atoms with Crippen molar-refractivity contribution in [2.45, 2.75) is 20.0 Å². The van der Waals surface area contributed by atoms with Crippen LogP contribution in [0.15, 0.2) is 18.2 Å². The molecule has 0 aliphatic heterocycles. The van der Waals surface area contributed by atoms with Gasteiger partial charge in [0.1, 0.15) is 5.75 Å². The minimum Gasteiger partial charge on any atom is -0.461 e. The van der Waals surface area contributed by atoms with E-state index in [9.17, 15) is 0 Å². The van der Waals surface area contributed by atoms with Gasteiger partial charge in [0, 0.05) is 10.0 Å². The predicted octanol–water partition coefficient (Wildman–Crippen LogP) is 3.04. The maximum Gasteiger partial charge on any atom is 0.330 e. The molecule has 0 spiro atoms. The molecule has 2 rings (SSSR count). The number of aromatic nitrogens is 3. The first kappa shape index (κ1) is 15.6. The molecule has 21 heavy (non-hydrogen) atoms. The van der Waals surface area contributed by atoms with Crippen molar-refractivity contribution in [3.8, 4) is 17.8 Å². The van der Waals surface area contributed by atoms with Crippen molar-refractivity contribution in [2.24, 2.45) is 5.84 Å². The molecular weight excluding hydrogens is 317 g/mol. The largest absolute Gasteiger partial charge is 0.461 e. The molecule has 1 aromatic heterocycles. The minimum absolute atomic E-state index is 0.00642. The summed E-state index contributed by atoms with van der Waals surface area (Å²) >= 11 is 11.8. The molecule has 0 saturated heterocycles. The van der Waals surface area contributed by atoms with Crippen LogP contribution in [0.4, 0.5) is 5.95 Å². The van der Waals surface area contributed by atoms with Crippen LogP contribution in [-0.2, 0) is 0 Å².